The van der Waals surface area contributed by atoms with E-state index in [0.717, 1.165) is 17.5 Å². The van der Waals surface area contributed by atoms with Crippen molar-refractivity contribution in [1.82, 2.24) is 5.43 Å². The van der Waals surface area contributed by atoms with Crippen LogP contribution in [0.4, 0.5) is 4.39 Å². The van der Waals surface area contributed by atoms with Crippen molar-refractivity contribution in [2.45, 2.75) is 26.3 Å². The molecule has 1 unspecified atom stereocenters. The second-order valence-corrected chi connectivity index (χ2v) is 3.34. The first-order valence-corrected chi connectivity index (χ1v) is 4.34. The molecular formula is C10H15FN2. The number of rotatable bonds is 3. The molecule has 0 saturated heterocycles. The van der Waals surface area contributed by atoms with Gasteiger partial charge in [0.05, 0.1) is 0 Å². The molecule has 13 heavy (non-hydrogen) atoms. The predicted octanol–water partition coefficient (Wildman–Crippen LogP) is 1.53. The maximum absolute atomic E-state index is 12.8. The lowest BCUT2D eigenvalue weighted by Gasteiger charge is -2.11. The number of nitrogens with one attached hydrogen (secondary N) is 1. The van der Waals surface area contributed by atoms with E-state index in [0.29, 0.717) is 0 Å². The monoisotopic (exact) mass is 182 g/mol. The van der Waals surface area contributed by atoms with Crippen molar-refractivity contribution >= 4 is 0 Å². The van der Waals surface area contributed by atoms with Gasteiger partial charge in [-0.2, -0.15) is 0 Å². The Morgan fingerprint density at radius 3 is 2.85 bits per heavy atom. The summed E-state index contributed by atoms with van der Waals surface area (Å²) in [5.74, 6) is 5.07. The van der Waals surface area contributed by atoms with Crippen molar-refractivity contribution < 1.29 is 4.39 Å². The standard InChI is InChI=1S/C10H15FN2/c1-7-3-4-10(11)6-9(7)5-8(2)13-12/h3-4,6,8,13H,5,12H2,1-2H3. The summed E-state index contributed by atoms with van der Waals surface area (Å²) in [4.78, 5) is 0. The van der Waals surface area contributed by atoms with Gasteiger partial charge < -0.3 is 0 Å². The molecule has 0 aliphatic heterocycles. The van der Waals surface area contributed by atoms with Crippen molar-refractivity contribution in [3.63, 3.8) is 0 Å². The van der Waals surface area contributed by atoms with Gasteiger partial charge in [0.2, 0.25) is 0 Å². The van der Waals surface area contributed by atoms with E-state index in [1.165, 1.54) is 6.07 Å². The smallest absolute Gasteiger partial charge is 0.123 e. The largest absolute Gasteiger partial charge is 0.271 e. The average molecular weight is 182 g/mol. The fraction of sp³-hybridized carbons (Fsp3) is 0.400. The van der Waals surface area contributed by atoms with E-state index in [1.54, 1.807) is 12.1 Å². The number of hydrogen-bond donors (Lipinski definition) is 2. The third kappa shape index (κ3) is 2.79. The summed E-state index contributed by atoms with van der Waals surface area (Å²) in [7, 11) is 0. The topological polar surface area (TPSA) is 38.0 Å². The normalized spacial score (nSPS) is 12.9. The number of halogens is 1. The Hall–Kier alpha value is -0.930. The first-order valence-electron chi connectivity index (χ1n) is 4.34. The highest BCUT2D eigenvalue weighted by atomic mass is 19.1. The van der Waals surface area contributed by atoms with Crippen LogP contribution in [0.3, 0.4) is 0 Å². The maximum Gasteiger partial charge on any atom is 0.123 e. The van der Waals surface area contributed by atoms with Crippen LogP contribution in [-0.2, 0) is 6.42 Å². The summed E-state index contributed by atoms with van der Waals surface area (Å²) in [5.41, 5.74) is 4.74. The Morgan fingerprint density at radius 2 is 2.23 bits per heavy atom. The number of aryl methyl sites for hydroxylation is 1. The molecule has 0 aliphatic rings. The zero-order chi connectivity index (χ0) is 9.84. The molecule has 1 atom stereocenters. The molecule has 72 valence electrons. The number of nitrogens with two attached hydrogens (primary N) is 1. The highest BCUT2D eigenvalue weighted by Gasteiger charge is 2.04. The van der Waals surface area contributed by atoms with Gasteiger partial charge in [0, 0.05) is 6.04 Å². The van der Waals surface area contributed by atoms with E-state index in [-0.39, 0.29) is 11.9 Å². The lowest BCUT2D eigenvalue weighted by atomic mass is 10.0. The third-order valence-electron chi connectivity index (χ3n) is 2.12. The van der Waals surface area contributed by atoms with Crippen LogP contribution in [0.2, 0.25) is 0 Å². The van der Waals surface area contributed by atoms with Crippen LogP contribution in [-0.4, -0.2) is 6.04 Å². The van der Waals surface area contributed by atoms with E-state index in [2.05, 4.69) is 5.43 Å². The van der Waals surface area contributed by atoms with Crippen LogP contribution in [0.1, 0.15) is 18.1 Å². The van der Waals surface area contributed by atoms with Crippen molar-refractivity contribution in [2.75, 3.05) is 0 Å². The Bertz CT molecular complexity index is 286. The third-order valence-corrected chi connectivity index (χ3v) is 2.12. The molecule has 1 aromatic carbocycles. The molecule has 2 nitrogen and oxygen atoms in total. The Balaban J connectivity index is 2.81. The fourth-order valence-corrected chi connectivity index (χ4v) is 1.25. The molecule has 0 amide bonds. The van der Waals surface area contributed by atoms with Crippen LogP contribution in [0.25, 0.3) is 0 Å². The van der Waals surface area contributed by atoms with E-state index in [9.17, 15) is 4.39 Å². The average Bonchev–Trinajstić information content (AvgIpc) is 2.11. The maximum atomic E-state index is 12.8. The van der Waals surface area contributed by atoms with Crippen molar-refractivity contribution in [1.29, 1.82) is 0 Å². The summed E-state index contributed by atoms with van der Waals surface area (Å²) >= 11 is 0. The quantitative estimate of drug-likeness (QED) is 0.549. The van der Waals surface area contributed by atoms with Gasteiger partial charge in [-0.1, -0.05) is 6.07 Å². The van der Waals surface area contributed by atoms with Gasteiger partial charge in [-0.05, 0) is 43.5 Å². The van der Waals surface area contributed by atoms with E-state index < -0.39 is 0 Å². The molecule has 0 saturated carbocycles. The summed E-state index contributed by atoms with van der Waals surface area (Å²) in [6.45, 7) is 3.93. The Labute approximate surface area is 77.9 Å². The van der Waals surface area contributed by atoms with Crippen LogP contribution in [0.15, 0.2) is 18.2 Å². The molecular weight excluding hydrogens is 167 g/mol. The van der Waals surface area contributed by atoms with Gasteiger partial charge in [0.1, 0.15) is 5.82 Å². The van der Waals surface area contributed by atoms with Crippen molar-refractivity contribution in [2.24, 2.45) is 5.84 Å². The molecule has 1 rings (SSSR count). The molecule has 1 aromatic rings. The van der Waals surface area contributed by atoms with Gasteiger partial charge in [0.25, 0.3) is 0 Å². The first-order chi connectivity index (χ1) is 6.13. The minimum atomic E-state index is -0.190. The lowest BCUT2D eigenvalue weighted by molar-refractivity contribution is 0.562. The lowest BCUT2D eigenvalue weighted by Crippen LogP contribution is -2.34. The van der Waals surface area contributed by atoms with Crippen molar-refractivity contribution in [3.05, 3.63) is 35.1 Å². The molecule has 0 radical (unpaired) electrons. The zero-order valence-electron chi connectivity index (χ0n) is 7.97. The van der Waals surface area contributed by atoms with Crippen LogP contribution in [0.5, 0.6) is 0 Å². The molecule has 0 spiro atoms. The summed E-state index contributed by atoms with van der Waals surface area (Å²) in [5, 5.41) is 0. The minimum absolute atomic E-state index is 0.167. The van der Waals surface area contributed by atoms with E-state index in [1.807, 2.05) is 13.8 Å². The Morgan fingerprint density at radius 1 is 1.54 bits per heavy atom. The fourth-order valence-electron chi connectivity index (χ4n) is 1.25. The molecule has 0 aliphatic carbocycles. The van der Waals surface area contributed by atoms with Crippen LogP contribution < -0.4 is 11.3 Å². The molecule has 3 N–H and O–H groups in total. The molecule has 0 bridgehead atoms. The van der Waals surface area contributed by atoms with Crippen LogP contribution >= 0.6 is 0 Å². The van der Waals surface area contributed by atoms with Crippen molar-refractivity contribution in [3.8, 4) is 0 Å². The van der Waals surface area contributed by atoms with E-state index in [4.69, 9.17) is 5.84 Å². The predicted molar refractivity (Wildman–Crippen MR) is 51.6 cm³/mol. The number of hydrazine groups is 1. The molecule has 3 heteroatoms. The van der Waals surface area contributed by atoms with E-state index >= 15 is 0 Å². The second kappa shape index (κ2) is 4.35. The van der Waals surface area contributed by atoms with Gasteiger partial charge >= 0.3 is 0 Å². The molecule has 0 heterocycles. The zero-order valence-corrected chi connectivity index (χ0v) is 7.97. The highest BCUT2D eigenvalue weighted by molar-refractivity contribution is 5.27. The first kappa shape index (κ1) is 10.2. The number of benzene rings is 1. The van der Waals surface area contributed by atoms with Gasteiger partial charge in [-0.25, -0.2) is 4.39 Å². The van der Waals surface area contributed by atoms with Crippen LogP contribution in [0, 0.1) is 12.7 Å². The summed E-state index contributed by atoms with van der Waals surface area (Å²) in [6, 6.07) is 4.98. The highest BCUT2D eigenvalue weighted by Crippen LogP contribution is 2.11. The Kier molecular flexibility index (Phi) is 3.39. The van der Waals surface area contributed by atoms with Gasteiger partial charge in [0.15, 0.2) is 0 Å². The minimum Gasteiger partial charge on any atom is -0.271 e. The summed E-state index contributed by atoms with van der Waals surface area (Å²) in [6.07, 6.45) is 0.750. The molecule has 0 fully saturated rings. The summed E-state index contributed by atoms with van der Waals surface area (Å²) < 4.78 is 12.8. The SMILES string of the molecule is Cc1ccc(F)cc1CC(C)NN. The second-order valence-electron chi connectivity index (χ2n) is 3.34. The van der Waals surface area contributed by atoms with Gasteiger partial charge in [-0.3, -0.25) is 11.3 Å². The van der Waals surface area contributed by atoms with Gasteiger partial charge in [-0.15, -0.1) is 0 Å². The number of hydrogen-bond acceptors (Lipinski definition) is 2. The molecule has 0 aromatic heterocycles.